The molecule has 7 nitrogen and oxygen atoms in total. The van der Waals surface area contributed by atoms with Crippen molar-refractivity contribution >= 4 is 15.7 Å². The summed E-state index contributed by atoms with van der Waals surface area (Å²) in [6, 6.07) is 0.516. The molecule has 10 heteroatoms. The van der Waals surface area contributed by atoms with E-state index in [2.05, 4.69) is 4.72 Å². The first-order valence-electron chi connectivity index (χ1n) is 6.02. The van der Waals surface area contributed by atoms with Crippen molar-refractivity contribution in [3.8, 4) is 0 Å². The fourth-order valence-corrected chi connectivity index (χ4v) is 3.23. The minimum Gasteiger partial charge on any atom is -0.393 e. The summed E-state index contributed by atoms with van der Waals surface area (Å²) in [4.78, 5) is 8.46. The molecule has 0 radical (unpaired) electrons. The van der Waals surface area contributed by atoms with Crippen LogP contribution in [-0.4, -0.2) is 31.1 Å². The Kier molecular flexibility index (Phi) is 4.21. The Morgan fingerprint density at radius 1 is 1.33 bits per heavy atom. The summed E-state index contributed by atoms with van der Waals surface area (Å²) in [7, 11) is -4.33. The highest BCUT2D eigenvalue weighted by Crippen LogP contribution is 2.28. The molecule has 1 aliphatic rings. The summed E-state index contributed by atoms with van der Waals surface area (Å²) in [5, 5.41) is 19.7. The van der Waals surface area contributed by atoms with E-state index in [-0.39, 0.29) is 18.5 Å². The molecule has 0 spiro atoms. The van der Waals surface area contributed by atoms with Crippen LogP contribution < -0.4 is 4.72 Å². The Morgan fingerprint density at radius 2 is 1.95 bits per heavy atom. The van der Waals surface area contributed by atoms with E-state index in [0.717, 1.165) is 0 Å². The van der Waals surface area contributed by atoms with E-state index in [9.17, 15) is 27.3 Å². The predicted octanol–water partition coefficient (Wildman–Crippen LogP) is 0.922. The van der Waals surface area contributed by atoms with Crippen LogP contribution in [0.25, 0.3) is 0 Å². The molecule has 1 aromatic carbocycles. The summed E-state index contributed by atoms with van der Waals surface area (Å²) < 4.78 is 52.6. The van der Waals surface area contributed by atoms with Gasteiger partial charge in [-0.2, -0.15) is 4.39 Å². The maximum atomic E-state index is 13.6. The SMILES string of the molecule is O=[N+]([O-])c1cc(S(=O)(=O)NCC2CC(O)C2)c(F)cc1F. The molecular formula is C11H12F2N2O5S. The van der Waals surface area contributed by atoms with Gasteiger partial charge in [-0.25, -0.2) is 17.5 Å². The van der Waals surface area contributed by atoms with Crippen LogP contribution in [0.2, 0.25) is 0 Å². The van der Waals surface area contributed by atoms with Crippen molar-refractivity contribution in [1.82, 2.24) is 4.72 Å². The summed E-state index contributed by atoms with van der Waals surface area (Å²) in [6.45, 7) is -0.0238. The van der Waals surface area contributed by atoms with Crippen LogP contribution in [0, 0.1) is 27.7 Å². The molecule has 21 heavy (non-hydrogen) atoms. The molecule has 1 saturated carbocycles. The van der Waals surface area contributed by atoms with Crippen molar-refractivity contribution in [2.75, 3.05) is 6.54 Å². The summed E-state index contributed by atoms with van der Waals surface area (Å²) >= 11 is 0. The molecule has 0 amide bonds. The van der Waals surface area contributed by atoms with Crippen molar-refractivity contribution in [3.05, 3.63) is 33.9 Å². The number of nitrogens with one attached hydrogen (secondary N) is 1. The zero-order valence-electron chi connectivity index (χ0n) is 10.6. The highest BCUT2D eigenvalue weighted by molar-refractivity contribution is 7.89. The normalized spacial score (nSPS) is 21.9. The minimum atomic E-state index is -4.33. The first-order chi connectivity index (χ1) is 9.70. The van der Waals surface area contributed by atoms with Crippen molar-refractivity contribution < 1.29 is 27.2 Å². The van der Waals surface area contributed by atoms with Crippen LogP contribution in [-0.2, 0) is 10.0 Å². The maximum Gasteiger partial charge on any atom is 0.306 e. The molecular weight excluding hydrogens is 310 g/mol. The Morgan fingerprint density at radius 3 is 2.48 bits per heavy atom. The first-order valence-corrected chi connectivity index (χ1v) is 7.50. The lowest BCUT2D eigenvalue weighted by Gasteiger charge is -2.31. The molecule has 1 aromatic rings. The second kappa shape index (κ2) is 5.62. The fraction of sp³-hybridized carbons (Fsp3) is 0.455. The quantitative estimate of drug-likeness (QED) is 0.619. The second-order valence-corrected chi connectivity index (χ2v) is 6.57. The smallest absolute Gasteiger partial charge is 0.306 e. The van der Waals surface area contributed by atoms with E-state index in [4.69, 9.17) is 5.11 Å². The Labute approximate surface area is 118 Å². The zero-order valence-corrected chi connectivity index (χ0v) is 11.4. The molecule has 0 heterocycles. The third kappa shape index (κ3) is 3.34. The lowest BCUT2D eigenvalue weighted by molar-refractivity contribution is -0.387. The molecule has 0 aliphatic heterocycles. The minimum absolute atomic E-state index is 0.0238. The molecule has 1 aliphatic carbocycles. The van der Waals surface area contributed by atoms with Gasteiger partial charge < -0.3 is 5.11 Å². The van der Waals surface area contributed by atoms with Gasteiger partial charge in [-0.15, -0.1) is 0 Å². The first kappa shape index (κ1) is 15.7. The number of hydrogen-bond acceptors (Lipinski definition) is 5. The van der Waals surface area contributed by atoms with Gasteiger partial charge in [0.1, 0.15) is 10.7 Å². The number of nitrogens with zero attached hydrogens (tertiary/aromatic N) is 1. The molecule has 0 atom stereocenters. The molecule has 0 unspecified atom stereocenters. The standard InChI is InChI=1S/C11H12F2N2O5S/c12-8-3-9(13)11(4-10(8)15(17)18)21(19,20)14-5-6-1-7(16)2-6/h3-4,6-7,14,16H,1-2,5H2. The molecule has 2 rings (SSSR count). The summed E-state index contributed by atoms with van der Waals surface area (Å²) in [5.74, 6) is -2.92. The molecule has 0 bridgehead atoms. The molecule has 1 fully saturated rings. The average Bonchev–Trinajstić information content (AvgIpc) is 2.32. The van der Waals surface area contributed by atoms with E-state index < -0.39 is 43.3 Å². The van der Waals surface area contributed by atoms with Gasteiger partial charge in [0.05, 0.1) is 11.0 Å². The van der Waals surface area contributed by atoms with E-state index in [1.807, 2.05) is 0 Å². The van der Waals surface area contributed by atoms with Crippen LogP contribution in [0.3, 0.4) is 0 Å². The van der Waals surface area contributed by atoms with E-state index in [1.165, 1.54) is 0 Å². The van der Waals surface area contributed by atoms with Crippen LogP contribution in [0.1, 0.15) is 12.8 Å². The Balaban J connectivity index is 2.22. The highest BCUT2D eigenvalue weighted by atomic mass is 32.2. The summed E-state index contributed by atoms with van der Waals surface area (Å²) in [6.07, 6.45) is 0.381. The number of aliphatic hydroxyl groups excluding tert-OH is 1. The van der Waals surface area contributed by atoms with Crippen LogP contribution in [0.5, 0.6) is 0 Å². The van der Waals surface area contributed by atoms with Crippen molar-refractivity contribution in [2.24, 2.45) is 5.92 Å². The average molecular weight is 322 g/mol. The topological polar surface area (TPSA) is 110 Å². The second-order valence-electron chi connectivity index (χ2n) is 4.83. The highest BCUT2D eigenvalue weighted by Gasteiger charge is 2.30. The van der Waals surface area contributed by atoms with Gasteiger partial charge in [0.25, 0.3) is 0 Å². The summed E-state index contributed by atoms with van der Waals surface area (Å²) in [5.41, 5.74) is -1.11. The largest absolute Gasteiger partial charge is 0.393 e. The molecule has 2 N–H and O–H groups in total. The van der Waals surface area contributed by atoms with Crippen molar-refractivity contribution in [2.45, 2.75) is 23.8 Å². The van der Waals surface area contributed by atoms with E-state index in [0.29, 0.717) is 18.9 Å². The number of rotatable bonds is 5. The number of nitro groups is 1. The molecule has 0 aromatic heterocycles. The Hall–Kier alpha value is -1.65. The van der Waals surface area contributed by atoms with Gasteiger partial charge in [-0.3, -0.25) is 10.1 Å². The van der Waals surface area contributed by atoms with Gasteiger partial charge in [-0.05, 0) is 18.8 Å². The number of halogens is 2. The van der Waals surface area contributed by atoms with Crippen LogP contribution in [0.15, 0.2) is 17.0 Å². The number of nitro benzene ring substituents is 1. The van der Waals surface area contributed by atoms with Gasteiger partial charge in [0.2, 0.25) is 15.8 Å². The van der Waals surface area contributed by atoms with E-state index >= 15 is 0 Å². The third-order valence-corrected chi connectivity index (χ3v) is 4.70. The number of sulfonamides is 1. The van der Waals surface area contributed by atoms with Crippen LogP contribution >= 0.6 is 0 Å². The van der Waals surface area contributed by atoms with Gasteiger partial charge >= 0.3 is 5.69 Å². The molecule has 116 valence electrons. The van der Waals surface area contributed by atoms with Crippen LogP contribution in [0.4, 0.5) is 14.5 Å². The fourth-order valence-electron chi connectivity index (χ4n) is 2.04. The maximum absolute atomic E-state index is 13.6. The third-order valence-electron chi connectivity index (χ3n) is 3.26. The lowest BCUT2D eigenvalue weighted by Crippen LogP contribution is -2.38. The van der Waals surface area contributed by atoms with E-state index in [1.54, 1.807) is 0 Å². The van der Waals surface area contributed by atoms with Gasteiger partial charge in [0.15, 0.2) is 0 Å². The monoisotopic (exact) mass is 322 g/mol. The van der Waals surface area contributed by atoms with Crippen molar-refractivity contribution in [1.29, 1.82) is 0 Å². The number of hydrogen-bond donors (Lipinski definition) is 2. The Bertz CT molecular complexity index is 673. The van der Waals surface area contributed by atoms with Gasteiger partial charge in [-0.1, -0.05) is 0 Å². The zero-order chi connectivity index (χ0) is 15.8. The van der Waals surface area contributed by atoms with Crippen molar-refractivity contribution in [3.63, 3.8) is 0 Å². The molecule has 0 saturated heterocycles. The predicted molar refractivity (Wildman–Crippen MR) is 66.9 cm³/mol. The number of aliphatic hydroxyl groups is 1. The number of benzene rings is 1. The van der Waals surface area contributed by atoms with Gasteiger partial charge in [0, 0.05) is 18.7 Å². The lowest BCUT2D eigenvalue weighted by atomic mass is 9.83.